The van der Waals surface area contributed by atoms with Gasteiger partial charge in [0, 0.05) is 19.6 Å². The maximum absolute atomic E-state index is 13.2. The van der Waals surface area contributed by atoms with Gasteiger partial charge >= 0.3 is 0 Å². The molecule has 1 heterocycles. The second-order valence-electron chi connectivity index (χ2n) is 4.32. The summed E-state index contributed by atoms with van der Waals surface area (Å²) in [5, 5.41) is 0. The Hall–Kier alpha value is -1.59. The number of hydrogen-bond acceptors (Lipinski definition) is 1. The van der Waals surface area contributed by atoms with Gasteiger partial charge in [0.1, 0.15) is 0 Å². The lowest BCUT2D eigenvalue weighted by Crippen LogP contribution is -2.30. The Bertz CT molecular complexity index is 432. The molecule has 1 aromatic rings. The molecule has 0 amide bonds. The molecule has 0 bridgehead atoms. The van der Waals surface area contributed by atoms with Gasteiger partial charge in [0.2, 0.25) is 0 Å². The third-order valence-corrected chi connectivity index (χ3v) is 3.15. The lowest BCUT2D eigenvalue weighted by molar-refractivity contribution is 0.246. The van der Waals surface area contributed by atoms with Crippen molar-refractivity contribution in [2.45, 2.75) is 19.4 Å². The van der Waals surface area contributed by atoms with Crippen molar-refractivity contribution in [2.75, 3.05) is 13.1 Å². The van der Waals surface area contributed by atoms with Crippen molar-refractivity contribution >= 4 is 0 Å². The van der Waals surface area contributed by atoms with Crippen molar-refractivity contribution in [3.63, 3.8) is 0 Å². The molecule has 88 valence electrons. The van der Waals surface area contributed by atoms with E-state index in [0.717, 1.165) is 38.0 Å². The first kappa shape index (κ1) is 11.9. The summed E-state index contributed by atoms with van der Waals surface area (Å²) in [7, 11) is 0. The van der Waals surface area contributed by atoms with E-state index in [1.54, 1.807) is 0 Å². The smallest absolute Gasteiger partial charge is 0.172 e. The molecule has 2 heteroatoms. The number of benzene rings is 1. The van der Waals surface area contributed by atoms with Crippen molar-refractivity contribution in [1.29, 1.82) is 0 Å². The highest BCUT2D eigenvalue weighted by atomic mass is 19.1. The van der Waals surface area contributed by atoms with Gasteiger partial charge in [-0.1, -0.05) is 30.3 Å². The molecule has 2 rings (SSSR count). The summed E-state index contributed by atoms with van der Waals surface area (Å²) in [5.74, 6) is 1.74. The van der Waals surface area contributed by atoms with Crippen LogP contribution in [0.1, 0.15) is 18.4 Å². The summed E-state index contributed by atoms with van der Waals surface area (Å²) in [6, 6.07) is 10.3. The van der Waals surface area contributed by atoms with Gasteiger partial charge in [-0.05, 0) is 29.9 Å². The van der Waals surface area contributed by atoms with Crippen molar-refractivity contribution in [1.82, 2.24) is 4.90 Å². The molecule has 0 radical (unpaired) electrons. The summed E-state index contributed by atoms with van der Waals surface area (Å²) < 4.78 is 13.2. The zero-order chi connectivity index (χ0) is 12.1. The number of halogens is 1. The standard InChI is InChI=1S/C15H16FN/c1-2-15(16)14-8-10-17(11-9-14)12-13-6-4-3-5-7-13/h1,3-7H,8-12H2. The third kappa shape index (κ3) is 3.18. The molecular weight excluding hydrogens is 213 g/mol. The van der Waals surface area contributed by atoms with Gasteiger partial charge in [-0.15, -0.1) is 6.42 Å². The fourth-order valence-corrected chi connectivity index (χ4v) is 2.14. The monoisotopic (exact) mass is 229 g/mol. The fourth-order valence-electron chi connectivity index (χ4n) is 2.14. The van der Waals surface area contributed by atoms with E-state index < -0.39 is 0 Å². The first-order valence-corrected chi connectivity index (χ1v) is 5.90. The molecule has 1 saturated heterocycles. The first-order valence-electron chi connectivity index (χ1n) is 5.90. The van der Waals surface area contributed by atoms with E-state index >= 15 is 0 Å². The molecule has 0 atom stereocenters. The van der Waals surface area contributed by atoms with Crippen molar-refractivity contribution in [3.8, 4) is 12.3 Å². The normalized spacial score (nSPS) is 16.6. The van der Waals surface area contributed by atoms with Crippen LogP contribution in [0.2, 0.25) is 0 Å². The first-order chi connectivity index (χ1) is 8.29. The van der Waals surface area contributed by atoms with E-state index in [0.29, 0.717) is 0 Å². The Morgan fingerprint density at radius 1 is 1.24 bits per heavy atom. The molecule has 1 nitrogen and oxygen atoms in total. The zero-order valence-electron chi connectivity index (χ0n) is 9.82. The average Bonchev–Trinajstić information content (AvgIpc) is 2.40. The summed E-state index contributed by atoms with van der Waals surface area (Å²) in [5.41, 5.74) is 2.11. The maximum atomic E-state index is 13.2. The van der Waals surface area contributed by atoms with Gasteiger partial charge in [0.05, 0.1) is 0 Å². The number of hydrogen-bond donors (Lipinski definition) is 0. The Kier molecular flexibility index (Phi) is 3.95. The lowest BCUT2D eigenvalue weighted by Gasteiger charge is -2.28. The van der Waals surface area contributed by atoms with Crippen LogP contribution in [0.25, 0.3) is 0 Å². The Morgan fingerprint density at radius 2 is 1.88 bits per heavy atom. The van der Waals surface area contributed by atoms with Crippen LogP contribution in [0.5, 0.6) is 0 Å². The number of piperidine rings is 1. The molecule has 1 aliphatic heterocycles. The summed E-state index contributed by atoms with van der Waals surface area (Å²) in [6.07, 6.45) is 6.57. The van der Waals surface area contributed by atoms with Crippen molar-refractivity contribution in [2.24, 2.45) is 0 Å². The SMILES string of the molecule is C#CC(F)=C1CCN(Cc2ccccc2)CC1. The van der Waals surface area contributed by atoms with Crippen LogP contribution in [0.15, 0.2) is 41.7 Å². The zero-order valence-corrected chi connectivity index (χ0v) is 9.82. The van der Waals surface area contributed by atoms with Crippen LogP contribution in [-0.2, 0) is 6.54 Å². The minimum Gasteiger partial charge on any atom is -0.298 e. The average molecular weight is 229 g/mol. The number of allylic oxidation sites excluding steroid dienone is 1. The van der Waals surface area contributed by atoms with Crippen LogP contribution in [0.3, 0.4) is 0 Å². The van der Waals surface area contributed by atoms with Gasteiger partial charge in [-0.2, -0.15) is 4.39 Å². The van der Waals surface area contributed by atoms with Gasteiger partial charge < -0.3 is 0 Å². The molecule has 0 unspecified atom stereocenters. The van der Waals surface area contributed by atoms with Gasteiger partial charge in [0.25, 0.3) is 0 Å². The number of terminal acetylenes is 1. The van der Waals surface area contributed by atoms with E-state index in [-0.39, 0.29) is 5.83 Å². The van der Waals surface area contributed by atoms with Crippen molar-refractivity contribution in [3.05, 3.63) is 47.3 Å². The maximum Gasteiger partial charge on any atom is 0.172 e. The molecule has 0 spiro atoms. The largest absolute Gasteiger partial charge is 0.298 e. The summed E-state index contributed by atoms with van der Waals surface area (Å²) >= 11 is 0. The highest BCUT2D eigenvalue weighted by Gasteiger charge is 2.16. The minimum absolute atomic E-state index is 0.357. The number of nitrogens with zero attached hydrogens (tertiary/aromatic N) is 1. The molecule has 17 heavy (non-hydrogen) atoms. The lowest BCUT2D eigenvalue weighted by atomic mass is 10.0. The predicted octanol–water partition coefficient (Wildman–Crippen LogP) is 3.14. The molecule has 1 fully saturated rings. The molecule has 0 N–H and O–H groups in total. The Morgan fingerprint density at radius 3 is 2.47 bits per heavy atom. The fraction of sp³-hybridized carbons (Fsp3) is 0.333. The van der Waals surface area contributed by atoms with Crippen LogP contribution >= 0.6 is 0 Å². The van der Waals surface area contributed by atoms with E-state index in [1.165, 1.54) is 5.56 Å². The van der Waals surface area contributed by atoms with Crippen molar-refractivity contribution < 1.29 is 4.39 Å². The summed E-state index contributed by atoms with van der Waals surface area (Å²) in [4.78, 5) is 2.34. The van der Waals surface area contributed by atoms with E-state index in [2.05, 4.69) is 23.0 Å². The number of likely N-dealkylation sites (tertiary alicyclic amines) is 1. The van der Waals surface area contributed by atoms with Gasteiger partial charge in [-0.3, -0.25) is 4.90 Å². The minimum atomic E-state index is -0.357. The molecule has 0 saturated carbocycles. The molecule has 0 aromatic heterocycles. The van der Waals surface area contributed by atoms with E-state index in [9.17, 15) is 4.39 Å². The Labute approximate surface area is 102 Å². The van der Waals surface area contributed by atoms with Crippen LogP contribution < -0.4 is 0 Å². The molecule has 0 aliphatic carbocycles. The second kappa shape index (κ2) is 5.65. The molecule has 1 aliphatic rings. The molecular formula is C15H16FN. The number of rotatable bonds is 2. The van der Waals surface area contributed by atoms with E-state index in [1.807, 2.05) is 18.2 Å². The van der Waals surface area contributed by atoms with Gasteiger partial charge in [-0.25, -0.2) is 0 Å². The van der Waals surface area contributed by atoms with Crippen LogP contribution in [0.4, 0.5) is 4.39 Å². The highest BCUT2D eigenvalue weighted by Crippen LogP contribution is 2.21. The van der Waals surface area contributed by atoms with E-state index in [4.69, 9.17) is 6.42 Å². The van der Waals surface area contributed by atoms with Crippen LogP contribution in [-0.4, -0.2) is 18.0 Å². The third-order valence-electron chi connectivity index (χ3n) is 3.15. The quantitative estimate of drug-likeness (QED) is 0.704. The van der Waals surface area contributed by atoms with Crippen LogP contribution in [0, 0.1) is 12.3 Å². The molecule has 1 aromatic carbocycles. The second-order valence-corrected chi connectivity index (χ2v) is 4.32. The predicted molar refractivity (Wildman–Crippen MR) is 67.9 cm³/mol. The van der Waals surface area contributed by atoms with Gasteiger partial charge in [0.15, 0.2) is 5.83 Å². The Balaban J connectivity index is 1.91. The highest BCUT2D eigenvalue weighted by molar-refractivity contribution is 5.26. The summed E-state index contributed by atoms with van der Waals surface area (Å²) in [6.45, 7) is 2.71. The topological polar surface area (TPSA) is 3.24 Å².